The van der Waals surface area contributed by atoms with Crippen LogP contribution in [-0.4, -0.2) is 23.8 Å². The molecule has 1 N–H and O–H groups in total. The summed E-state index contributed by atoms with van der Waals surface area (Å²) in [5.41, 5.74) is 0.388. The molecule has 4 heteroatoms. The van der Waals surface area contributed by atoms with Gasteiger partial charge in [0.25, 0.3) is 0 Å². The molecule has 0 spiro atoms. The van der Waals surface area contributed by atoms with Gasteiger partial charge in [0.15, 0.2) is 17.3 Å². The Morgan fingerprint density at radius 3 is 2.50 bits per heavy atom. The number of Topliss-reactive ketones (excluding diaryl/α,β-unsaturated/α-hetero) is 2. The number of phenols is 1. The van der Waals surface area contributed by atoms with Crippen molar-refractivity contribution in [2.45, 2.75) is 19.8 Å². The van der Waals surface area contributed by atoms with Crippen molar-refractivity contribution in [1.82, 2.24) is 0 Å². The highest BCUT2D eigenvalue weighted by molar-refractivity contribution is 5.98. The maximum Gasteiger partial charge on any atom is 0.163 e. The van der Waals surface area contributed by atoms with E-state index in [9.17, 15) is 14.7 Å². The molecule has 0 unspecified atom stereocenters. The van der Waals surface area contributed by atoms with Crippen molar-refractivity contribution in [3.63, 3.8) is 0 Å². The predicted molar refractivity (Wildman–Crippen MR) is 58.9 cm³/mol. The first kappa shape index (κ1) is 12.2. The number of hydrogen-bond acceptors (Lipinski definition) is 4. The van der Waals surface area contributed by atoms with Crippen LogP contribution in [0.15, 0.2) is 18.2 Å². The maximum absolute atomic E-state index is 11.6. The van der Waals surface area contributed by atoms with Crippen molar-refractivity contribution in [3.8, 4) is 11.5 Å². The van der Waals surface area contributed by atoms with E-state index in [1.54, 1.807) is 6.07 Å². The third-order valence-corrected chi connectivity index (χ3v) is 2.20. The van der Waals surface area contributed by atoms with E-state index < -0.39 is 0 Å². The van der Waals surface area contributed by atoms with E-state index in [-0.39, 0.29) is 30.2 Å². The summed E-state index contributed by atoms with van der Waals surface area (Å²) in [6.45, 7) is 1.44. The van der Waals surface area contributed by atoms with Gasteiger partial charge in [0, 0.05) is 18.4 Å². The number of aromatic hydroxyl groups is 1. The molecule has 1 aromatic carbocycles. The normalized spacial score (nSPS) is 9.88. The lowest BCUT2D eigenvalue weighted by molar-refractivity contribution is -0.116. The van der Waals surface area contributed by atoms with E-state index in [1.165, 1.54) is 26.2 Å². The zero-order chi connectivity index (χ0) is 12.1. The molecule has 0 aromatic heterocycles. The lowest BCUT2D eigenvalue weighted by Gasteiger charge is -2.05. The van der Waals surface area contributed by atoms with Crippen LogP contribution in [-0.2, 0) is 4.79 Å². The summed E-state index contributed by atoms with van der Waals surface area (Å²) in [5.74, 6) is 0.0681. The van der Waals surface area contributed by atoms with Crippen LogP contribution >= 0.6 is 0 Å². The molecule has 0 fully saturated rings. The zero-order valence-corrected chi connectivity index (χ0v) is 9.32. The van der Waals surface area contributed by atoms with Gasteiger partial charge in [-0.15, -0.1) is 0 Å². The molecule has 0 radical (unpaired) electrons. The average Bonchev–Trinajstić information content (AvgIpc) is 2.25. The molecule has 4 nitrogen and oxygen atoms in total. The fraction of sp³-hybridized carbons (Fsp3) is 0.333. The van der Waals surface area contributed by atoms with E-state index in [1.807, 2.05) is 0 Å². The summed E-state index contributed by atoms with van der Waals surface area (Å²) < 4.78 is 4.86. The van der Waals surface area contributed by atoms with Gasteiger partial charge in [0.1, 0.15) is 5.78 Å². The van der Waals surface area contributed by atoms with E-state index in [0.717, 1.165) is 0 Å². The molecule has 0 amide bonds. The molecule has 0 aliphatic carbocycles. The summed E-state index contributed by atoms with van der Waals surface area (Å²) in [7, 11) is 1.44. The predicted octanol–water partition coefficient (Wildman–Crippen LogP) is 1.95. The SMILES string of the molecule is COc1ccc(C(=O)CCC(C)=O)cc1O. The van der Waals surface area contributed by atoms with Gasteiger partial charge >= 0.3 is 0 Å². The Balaban J connectivity index is 2.77. The summed E-state index contributed by atoms with van der Waals surface area (Å²) >= 11 is 0. The van der Waals surface area contributed by atoms with Crippen LogP contribution in [0.3, 0.4) is 0 Å². The van der Waals surface area contributed by atoms with Gasteiger partial charge < -0.3 is 14.6 Å². The third-order valence-electron chi connectivity index (χ3n) is 2.20. The van der Waals surface area contributed by atoms with Gasteiger partial charge in [-0.05, 0) is 25.1 Å². The molecule has 1 aromatic rings. The van der Waals surface area contributed by atoms with Crippen LogP contribution in [0.1, 0.15) is 30.1 Å². The van der Waals surface area contributed by atoms with Gasteiger partial charge in [-0.3, -0.25) is 4.79 Å². The zero-order valence-electron chi connectivity index (χ0n) is 9.32. The lowest BCUT2D eigenvalue weighted by atomic mass is 10.0. The Labute approximate surface area is 93.9 Å². The number of carbonyl (C=O) groups is 2. The standard InChI is InChI=1S/C12H14O4/c1-8(13)3-5-10(14)9-4-6-12(16-2)11(15)7-9/h4,6-7,15H,3,5H2,1-2H3. The van der Waals surface area contributed by atoms with Crippen molar-refractivity contribution in [3.05, 3.63) is 23.8 Å². The van der Waals surface area contributed by atoms with Crippen LogP contribution in [0.4, 0.5) is 0 Å². The van der Waals surface area contributed by atoms with Gasteiger partial charge in [-0.2, -0.15) is 0 Å². The Kier molecular flexibility index (Phi) is 4.05. The summed E-state index contributed by atoms with van der Waals surface area (Å²) in [5, 5.41) is 9.47. The monoisotopic (exact) mass is 222 g/mol. The van der Waals surface area contributed by atoms with Crippen molar-refractivity contribution < 1.29 is 19.4 Å². The Morgan fingerprint density at radius 2 is 2.00 bits per heavy atom. The first-order valence-corrected chi connectivity index (χ1v) is 4.94. The molecular weight excluding hydrogens is 208 g/mol. The third kappa shape index (κ3) is 3.08. The fourth-order valence-electron chi connectivity index (χ4n) is 1.30. The second-order valence-electron chi connectivity index (χ2n) is 3.51. The number of ketones is 2. The minimum Gasteiger partial charge on any atom is -0.504 e. The molecule has 0 heterocycles. The summed E-state index contributed by atoms with van der Waals surface area (Å²) in [6.07, 6.45) is 0.396. The fourth-order valence-corrected chi connectivity index (χ4v) is 1.30. The Morgan fingerprint density at radius 1 is 1.31 bits per heavy atom. The highest BCUT2D eigenvalue weighted by atomic mass is 16.5. The van der Waals surface area contributed by atoms with Crippen molar-refractivity contribution in [1.29, 1.82) is 0 Å². The van der Waals surface area contributed by atoms with Crippen molar-refractivity contribution in [2.24, 2.45) is 0 Å². The smallest absolute Gasteiger partial charge is 0.163 e. The van der Waals surface area contributed by atoms with E-state index in [0.29, 0.717) is 11.3 Å². The minimum absolute atomic E-state index is 0.0221. The topological polar surface area (TPSA) is 63.6 Å². The number of benzene rings is 1. The highest BCUT2D eigenvalue weighted by Gasteiger charge is 2.10. The van der Waals surface area contributed by atoms with Gasteiger partial charge in [0.05, 0.1) is 7.11 Å². The van der Waals surface area contributed by atoms with Crippen molar-refractivity contribution >= 4 is 11.6 Å². The first-order valence-electron chi connectivity index (χ1n) is 4.94. The van der Waals surface area contributed by atoms with Gasteiger partial charge in [-0.1, -0.05) is 0 Å². The quantitative estimate of drug-likeness (QED) is 0.773. The number of rotatable bonds is 5. The van der Waals surface area contributed by atoms with E-state index >= 15 is 0 Å². The minimum atomic E-state index is -0.159. The molecule has 0 saturated carbocycles. The number of phenolic OH excluding ortho intramolecular Hbond substituents is 1. The Bertz CT molecular complexity index is 409. The average molecular weight is 222 g/mol. The van der Waals surface area contributed by atoms with E-state index in [2.05, 4.69) is 0 Å². The molecule has 0 bridgehead atoms. The summed E-state index contributed by atoms with van der Waals surface area (Å²) in [4.78, 5) is 22.3. The molecule has 16 heavy (non-hydrogen) atoms. The molecular formula is C12H14O4. The van der Waals surface area contributed by atoms with Crippen LogP contribution in [0.5, 0.6) is 11.5 Å². The second kappa shape index (κ2) is 5.30. The molecule has 86 valence electrons. The maximum atomic E-state index is 11.6. The number of ether oxygens (including phenoxy) is 1. The van der Waals surface area contributed by atoms with Gasteiger partial charge in [0.2, 0.25) is 0 Å². The largest absolute Gasteiger partial charge is 0.504 e. The molecule has 0 aliphatic heterocycles. The number of carbonyl (C=O) groups excluding carboxylic acids is 2. The summed E-state index contributed by atoms with van der Waals surface area (Å²) in [6, 6.07) is 4.44. The second-order valence-corrected chi connectivity index (χ2v) is 3.51. The number of methoxy groups -OCH3 is 1. The van der Waals surface area contributed by atoms with Crippen LogP contribution < -0.4 is 4.74 Å². The van der Waals surface area contributed by atoms with Crippen molar-refractivity contribution in [2.75, 3.05) is 7.11 Å². The molecule has 0 saturated heterocycles. The Hall–Kier alpha value is -1.84. The molecule has 0 aliphatic rings. The van der Waals surface area contributed by atoms with Crippen LogP contribution in [0.25, 0.3) is 0 Å². The first-order chi connectivity index (χ1) is 7.54. The lowest BCUT2D eigenvalue weighted by Crippen LogP contribution is -2.02. The van der Waals surface area contributed by atoms with Crippen LogP contribution in [0.2, 0.25) is 0 Å². The molecule has 1 rings (SSSR count). The van der Waals surface area contributed by atoms with E-state index in [4.69, 9.17) is 4.74 Å². The number of hydrogen-bond donors (Lipinski definition) is 1. The van der Waals surface area contributed by atoms with Crippen LogP contribution in [0, 0.1) is 0 Å². The molecule has 0 atom stereocenters. The van der Waals surface area contributed by atoms with Gasteiger partial charge in [-0.25, -0.2) is 0 Å². The highest BCUT2D eigenvalue weighted by Crippen LogP contribution is 2.26.